The highest BCUT2D eigenvalue weighted by atomic mass is 32.2. The van der Waals surface area contributed by atoms with Crippen molar-refractivity contribution in [2.75, 3.05) is 6.26 Å². The van der Waals surface area contributed by atoms with Gasteiger partial charge in [0.15, 0.2) is 5.69 Å². The minimum atomic E-state index is -3.58. The topological polar surface area (TPSA) is 89.6 Å². The Balaban J connectivity index is 2.07. The Bertz CT molecular complexity index is 1070. The fourth-order valence-electron chi connectivity index (χ4n) is 2.80. The molecule has 8 nitrogen and oxygen atoms in total. The zero-order valence-corrected chi connectivity index (χ0v) is 15.9. The van der Waals surface area contributed by atoms with E-state index in [1.165, 1.54) is 4.40 Å². The molecule has 0 spiro atoms. The Kier molecular flexibility index (Phi) is 4.57. The number of amides is 1. The highest BCUT2D eigenvalue weighted by Crippen LogP contribution is 2.20. The van der Waals surface area contributed by atoms with Gasteiger partial charge in [0, 0.05) is 43.8 Å². The van der Waals surface area contributed by atoms with Gasteiger partial charge in [0.2, 0.25) is 15.0 Å². The molecule has 1 amide bonds. The number of aromatic nitrogens is 4. The lowest BCUT2D eigenvalue weighted by atomic mass is 10.2. The van der Waals surface area contributed by atoms with Crippen LogP contribution in [0.2, 0.25) is 0 Å². The number of carbonyl (C=O) groups is 1. The predicted octanol–water partition coefficient (Wildman–Crippen LogP) is 1.52. The summed E-state index contributed by atoms with van der Waals surface area (Å²) in [5.41, 5.74) is 1.49. The molecule has 138 valence electrons. The van der Waals surface area contributed by atoms with Crippen molar-refractivity contribution in [2.24, 2.45) is 7.05 Å². The third-order valence-electron chi connectivity index (χ3n) is 4.05. The van der Waals surface area contributed by atoms with Crippen LogP contribution in [0.3, 0.4) is 0 Å². The van der Waals surface area contributed by atoms with Crippen molar-refractivity contribution in [3.8, 4) is 0 Å². The van der Waals surface area contributed by atoms with E-state index in [9.17, 15) is 13.2 Å². The number of carbonyl (C=O) groups excluding carboxylic acids is 1. The van der Waals surface area contributed by atoms with E-state index in [2.05, 4.69) is 10.1 Å². The van der Waals surface area contributed by atoms with Crippen LogP contribution in [-0.4, -0.2) is 50.7 Å². The second-order valence-electron chi connectivity index (χ2n) is 6.52. The Labute approximate surface area is 152 Å². The summed E-state index contributed by atoms with van der Waals surface area (Å²) in [6, 6.07) is 5.05. The molecule has 3 heterocycles. The maximum Gasteiger partial charge on any atom is 0.275 e. The molecule has 0 radical (unpaired) electrons. The number of pyridine rings is 1. The van der Waals surface area contributed by atoms with Crippen LogP contribution in [0, 0.1) is 0 Å². The summed E-state index contributed by atoms with van der Waals surface area (Å²) < 4.78 is 27.2. The SMILES string of the molecule is CC(C)N(Cc1cnn(C)c1)C(=O)c1nc(S(C)(=O)=O)n2ccccc12. The number of sulfone groups is 1. The number of nitrogens with zero attached hydrogens (tertiary/aromatic N) is 5. The maximum atomic E-state index is 13.2. The van der Waals surface area contributed by atoms with Gasteiger partial charge in [0.1, 0.15) is 0 Å². The zero-order chi connectivity index (χ0) is 19.1. The molecule has 0 fully saturated rings. The van der Waals surface area contributed by atoms with Crippen molar-refractivity contribution in [1.82, 2.24) is 24.1 Å². The molecule has 9 heteroatoms. The molecule has 0 unspecified atom stereocenters. The van der Waals surface area contributed by atoms with Crippen molar-refractivity contribution in [1.29, 1.82) is 0 Å². The lowest BCUT2D eigenvalue weighted by Gasteiger charge is -2.25. The Hall–Kier alpha value is -2.68. The van der Waals surface area contributed by atoms with Gasteiger partial charge in [0.25, 0.3) is 5.91 Å². The Morgan fingerprint density at radius 2 is 2.04 bits per heavy atom. The van der Waals surface area contributed by atoms with E-state index in [0.29, 0.717) is 12.1 Å². The molecule has 3 aromatic heterocycles. The van der Waals surface area contributed by atoms with Crippen LogP contribution < -0.4 is 0 Å². The molecular formula is C17H21N5O3S. The van der Waals surface area contributed by atoms with Crippen LogP contribution in [-0.2, 0) is 23.4 Å². The van der Waals surface area contributed by atoms with Gasteiger partial charge in [0.05, 0.1) is 11.7 Å². The fourth-order valence-corrected chi connectivity index (χ4v) is 3.58. The summed E-state index contributed by atoms with van der Waals surface area (Å²) in [5.74, 6) is -0.317. The van der Waals surface area contributed by atoms with Gasteiger partial charge in [-0.25, -0.2) is 13.4 Å². The summed E-state index contributed by atoms with van der Waals surface area (Å²) in [5, 5.41) is 3.99. The molecule has 0 N–H and O–H groups in total. The standard InChI is InChI=1S/C17H21N5O3S/c1-12(2)22(11-13-9-18-20(3)10-13)16(23)15-14-7-5-6-8-21(14)17(19-15)26(4,24)25/h5-10,12H,11H2,1-4H3. The first-order chi connectivity index (χ1) is 12.2. The molecule has 0 aliphatic heterocycles. The van der Waals surface area contributed by atoms with E-state index in [-0.39, 0.29) is 22.8 Å². The molecule has 0 saturated heterocycles. The molecular weight excluding hydrogens is 354 g/mol. The first-order valence-electron chi connectivity index (χ1n) is 8.14. The molecule has 0 aromatic carbocycles. The van der Waals surface area contributed by atoms with Crippen LogP contribution in [0.1, 0.15) is 29.9 Å². The molecule has 3 aromatic rings. The molecule has 3 rings (SSSR count). The summed E-state index contributed by atoms with van der Waals surface area (Å²) >= 11 is 0. The Morgan fingerprint density at radius 3 is 2.62 bits per heavy atom. The highest BCUT2D eigenvalue weighted by Gasteiger charge is 2.27. The van der Waals surface area contributed by atoms with Gasteiger partial charge < -0.3 is 4.90 Å². The van der Waals surface area contributed by atoms with Crippen LogP contribution in [0.15, 0.2) is 41.9 Å². The predicted molar refractivity (Wildman–Crippen MR) is 96.5 cm³/mol. The first kappa shape index (κ1) is 18.1. The van der Waals surface area contributed by atoms with E-state index in [1.54, 1.807) is 40.2 Å². The molecule has 0 atom stereocenters. The smallest absolute Gasteiger partial charge is 0.275 e. The number of hydrogen-bond acceptors (Lipinski definition) is 5. The minimum Gasteiger partial charge on any atom is -0.330 e. The van der Waals surface area contributed by atoms with E-state index in [0.717, 1.165) is 11.8 Å². The van der Waals surface area contributed by atoms with Gasteiger partial charge in [-0.15, -0.1) is 0 Å². The van der Waals surface area contributed by atoms with Gasteiger partial charge in [-0.2, -0.15) is 5.10 Å². The van der Waals surface area contributed by atoms with Crippen LogP contribution in [0.4, 0.5) is 0 Å². The molecule has 0 aliphatic rings. The second kappa shape index (κ2) is 6.56. The molecule has 26 heavy (non-hydrogen) atoms. The van der Waals surface area contributed by atoms with Crippen molar-refractivity contribution < 1.29 is 13.2 Å². The summed E-state index contributed by atoms with van der Waals surface area (Å²) in [6.07, 6.45) is 6.22. The average molecular weight is 375 g/mol. The lowest BCUT2D eigenvalue weighted by Crippen LogP contribution is -2.36. The van der Waals surface area contributed by atoms with E-state index in [1.807, 2.05) is 27.1 Å². The monoisotopic (exact) mass is 375 g/mol. The normalized spacial score (nSPS) is 12.0. The quantitative estimate of drug-likeness (QED) is 0.674. The van der Waals surface area contributed by atoms with Gasteiger partial charge in [-0.1, -0.05) is 6.07 Å². The second-order valence-corrected chi connectivity index (χ2v) is 8.43. The Morgan fingerprint density at radius 1 is 1.31 bits per heavy atom. The zero-order valence-electron chi connectivity index (χ0n) is 15.1. The van der Waals surface area contributed by atoms with E-state index >= 15 is 0 Å². The molecule has 0 aliphatic carbocycles. The molecule has 0 saturated carbocycles. The minimum absolute atomic E-state index is 0.0927. The van der Waals surface area contributed by atoms with Crippen molar-refractivity contribution in [3.05, 3.63) is 48.0 Å². The summed E-state index contributed by atoms with van der Waals surface area (Å²) in [6.45, 7) is 4.18. The van der Waals surface area contributed by atoms with Crippen molar-refractivity contribution in [2.45, 2.75) is 31.6 Å². The summed E-state index contributed by atoms with van der Waals surface area (Å²) in [4.78, 5) is 19.0. The van der Waals surface area contributed by atoms with Crippen molar-refractivity contribution >= 4 is 21.3 Å². The first-order valence-corrected chi connectivity index (χ1v) is 10.0. The van der Waals surface area contributed by atoms with E-state index in [4.69, 9.17) is 0 Å². The molecule has 0 bridgehead atoms. The highest BCUT2D eigenvalue weighted by molar-refractivity contribution is 7.90. The van der Waals surface area contributed by atoms with Crippen LogP contribution in [0.25, 0.3) is 5.52 Å². The lowest BCUT2D eigenvalue weighted by molar-refractivity contribution is 0.0686. The third-order valence-corrected chi connectivity index (χ3v) is 5.00. The number of aryl methyl sites for hydroxylation is 1. The summed E-state index contributed by atoms with van der Waals surface area (Å²) in [7, 11) is -1.76. The van der Waals surface area contributed by atoms with Crippen LogP contribution >= 0.6 is 0 Å². The van der Waals surface area contributed by atoms with Gasteiger partial charge in [-0.05, 0) is 26.0 Å². The van der Waals surface area contributed by atoms with Gasteiger partial charge in [-0.3, -0.25) is 13.9 Å². The third kappa shape index (κ3) is 3.34. The largest absolute Gasteiger partial charge is 0.330 e. The van der Waals surface area contributed by atoms with E-state index < -0.39 is 9.84 Å². The fraction of sp³-hybridized carbons (Fsp3) is 0.353. The number of imidazole rings is 1. The number of hydrogen-bond donors (Lipinski definition) is 0. The maximum absolute atomic E-state index is 13.2. The average Bonchev–Trinajstić information content (AvgIpc) is 3.15. The van der Waals surface area contributed by atoms with Crippen LogP contribution in [0.5, 0.6) is 0 Å². The van der Waals surface area contributed by atoms with Crippen molar-refractivity contribution in [3.63, 3.8) is 0 Å². The number of rotatable bonds is 5. The van der Waals surface area contributed by atoms with Gasteiger partial charge >= 0.3 is 0 Å². The number of fused-ring (bicyclic) bond motifs is 1.